The molecular weight excluding hydrogens is 409 g/mol. The topological polar surface area (TPSA) is 81.4 Å². The summed E-state index contributed by atoms with van der Waals surface area (Å²) in [6, 6.07) is 12.6. The second-order valence-corrected chi connectivity index (χ2v) is 8.20. The van der Waals surface area contributed by atoms with Crippen molar-refractivity contribution >= 4 is 9.84 Å². The molecule has 0 aliphatic carbocycles. The molecule has 0 aliphatic rings. The van der Waals surface area contributed by atoms with Gasteiger partial charge in [0.05, 0.1) is 35.7 Å². The highest BCUT2D eigenvalue weighted by molar-refractivity contribution is 7.91. The third-order valence-electron chi connectivity index (χ3n) is 4.19. The van der Waals surface area contributed by atoms with Gasteiger partial charge >= 0.3 is 6.18 Å². The van der Waals surface area contributed by atoms with Crippen LogP contribution in [0.15, 0.2) is 59.5 Å². The summed E-state index contributed by atoms with van der Waals surface area (Å²) in [5.41, 5.74) is -0.186. The number of sulfone groups is 1. The lowest BCUT2D eigenvalue weighted by molar-refractivity contribution is -0.141. The predicted molar refractivity (Wildman–Crippen MR) is 99.7 cm³/mol. The summed E-state index contributed by atoms with van der Waals surface area (Å²) in [5.74, 6) is 0.103. The molecule has 0 radical (unpaired) electrons. The van der Waals surface area contributed by atoms with E-state index in [0.717, 1.165) is 10.7 Å². The third kappa shape index (κ3) is 4.43. The largest absolute Gasteiger partial charge is 0.497 e. The molecule has 6 nitrogen and oxygen atoms in total. The van der Waals surface area contributed by atoms with Gasteiger partial charge in [-0.2, -0.15) is 18.3 Å². The average Bonchev–Trinajstić information content (AvgIpc) is 3.14. The van der Waals surface area contributed by atoms with Gasteiger partial charge in [0, 0.05) is 5.56 Å². The predicted octanol–water partition coefficient (Wildman–Crippen LogP) is 3.33. The lowest BCUT2D eigenvalue weighted by atomic mass is 10.1. The molecule has 3 rings (SSSR count). The number of methoxy groups -OCH3 is 1. The van der Waals surface area contributed by atoms with Gasteiger partial charge in [0.2, 0.25) is 0 Å². The summed E-state index contributed by atoms with van der Waals surface area (Å²) in [4.78, 5) is -0.0261. The molecule has 0 unspecified atom stereocenters. The number of hydrogen-bond acceptors (Lipinski definition) is 5. The van der Waals surface area contributed by atoms with E-state index in [2.05, 4.69) is 5.10 Å². The minimum Gasteiger partial charge on any atom is -0.497 e. The molecule has 154 valence electrons. The van der Waals surface area contributed by atoms with E-state index in [1.54, 1.807) is 24.3 Å². The first-order chi connectivity index (χ1) is 13.7. The standard InChI is InChI=1S/C19H17F3N2O4S/c1-28-15-6-4-14(5-7-15)24-17(12-18(23-24)19(20,21)22)13-2-8-16(9-3-13)29(26,27)11-10-25/h2-9,12,25H,10-11H2,1H3. The summed E-state index contributed by atoms with van der Waals surface area (Å²) in [6.07, 6.45) is -4.64. The first-order valence-electron chi connectivity index (χ1n) is 8.41. The highest BCUT2D eigenvalue weighted by atomic mass is 32.2. The monoisotopic (exact) mass is 426 g/mol. The Balaban J connectivity index is 2.09. The van der Waals surface area contributed by atoms with E-state index in [0.29, 0.717) is 17.0 Å². The second-order valence-electron chi connectivity index (χ2n) is 6.09. The summed E-state index contributed by atoms with van der Waals surface area (Å²) < 4.78 is 70.0. The minimum atomic E-state index is -4.64. The van der Waals surface area contributed by atoms with Crippen molar-refractivity contribution in [3.63, 3.8) is 0 Å². The Bertz CT molecular complexity index is 1090. The SMILES string of the molecule is COc1ccc(-n2nc(C(F)(F)F)cc2-c2ccc(S(=O)(=O)CCO)cc2)cc1. The van der Waals surface area contributed by atoms with Gasteiger partial charge in [-0.1, -0.05) is 12.1 Å². The Morgan fingerprint density at radius 1 is 1.07 bits per heavy atom. The number of hydrogen-bond donors (Lipinski definition) is 1. The number of benzene rings is 2. The van der Waals surface area contributed by atoms with Gasteiger partial charge in [0.1, 0.15) is 5.75 Å². The van der Waals surface area contributed by atoms with Crippen LogP contribution in [0.4, 0.5) is 13.2 Å². The van der Waals surface area contributed by atoms with Crippen LogP contribution in [0.5, 0.6) is 5.75 Å². The highest BCUT2D eigenvalue weighted by Gasteiger charge is 2.35. The van der Waals surface area contributed by atoms with Crippen molar-refractivity contribution in [2.75, 3.05) is 19.5 Å². The van der Waals surface area contributed by atoms with Crippen LogP contribution >= 0.6 is 0 Å². The van der Waals surface area contributed by atoms with E-state index in [1.165, 1.54) is 31.4 Å². The van der Waals surface area contributed by atoms with Crippen molar-refractivity contribution in [2.45, 2.75) is 11.1 Å². The summed E-state index contributed by atoms with van der Waals surface area (Å²) in [6.45, 7) is -0.525. The van der Waals surface area contributed by atoms with Gasteiger partial charge in [-0.05, 0) is 42.5 Å². The van der Waals surface area contributed by atoms with Crippen molar-refractivity contribution in [3.8, 4) is 22.7 Å². The lowest BCUT2D eigenvalue weighted by Gasteiger charge is -2.09. The zero-order chi connectivity index (χ0) is 21.2. The Morgan fingerprint density at radius 2 is 1.69 bits per heavy atom. The molecule has 0 fully saturated rings. The van der Waals surface area contributed by atoms with Gasteiger partial charge in [-0.25, -0.2) is 13.1 Å². The maximum Gasteiger partial charge on any atom is 0.435 e. The number of aliphatic hydroxyl groups excluding tert-OH is 1. The van der Waals surface area contributed by atoms with Crippen LogP contribution in [0.2, 0.25) is 0 Å². The number of alkyl halides is 3. The minimum absolute atomic E-state index is 0.0261. The first kappa shape index (κ1) is 20.9. The van der Waals surface area contributed by atoms with Crippen molar-refractivity contribution in [3.05, 3.63) is 60.3 Å². The molecule has 3 aromatic rings. The molecule has 0 atom stereocenters. The van der Waals surface area contributed by atoms with Crippen molar-refractivity contribution in [1.82, 2.24) is 9.78 Å². The molecule has 1 aromatic heterocycles. The zero-order valence-electron chi connectivity index (χ0n) is 15.2. The molecule has 0 spiro atoms. The van der Waals surface area contributed by atoms with Crippen LogP contribution < -0.4 is 4.74 Å². The normalized spacial score (nSPS) is 12.2. The Hall–Kier alpha value is -2.85. The van der Waals surface area contributed by atoms with Gasteiger partial charge in [0.15, 0.2) is 15.5 Å². The van der Waals surface area contributed by atoms with Gasteiger partial charge in [0.25, 0.3) is 0 Å². The van der Waals surface area contributed by atoms with Crippen molar-refractivity contribution in [1.29, 1.82) is 0 Å². The number of rotatable bonds is 6. The fourth-order valence-corrected chi connectivity index (χ4v) is 3.74. The van der Waals surface area contributed by atoms with E-state index in [4.69, 9.17) is 9.84 Å². The molecular formula is C19H17F3N2O4S. The number of aliphatic hydroxyl groups is 1. The molecule has 1 heterocycles. The molecule has 0 saturated carbocycles. The lowest BCUT2D eigenvalue weighted by Crippen LogP contribution is -2.09. The van der Waals surface area contributed by atoms with E-state index >= 15 is 0 Å². The molecule has 0 saturated heterocycles. The first-order valence-corrected chi connectivity index (χ1v) is 10.1. The van der Waals surface area contributed by atoms with E-state index < -0.39 is 34.1 Å². The van der Waals surface area contributed by atoms with Crippen LogP contribution in [0.3, 0.4) is 0 Å². The number of halogens is 3. The third-order valence-corrected chi connectivity index (χ3v) is 5.90. The van der Waals surface area contributed by atoms with E-state index in [-0.39, 0.29) is 10.6 Å². The summed E-state index contributed by atoms with van der Waals surface area (Å²) in [5, 5.41) is 12.6. The quantitative estimate of drug-likeness (QED) is 0.654. The Kier molecular flexibility index (Phi) is 5.67. The van der Waals surface area contributed by atoms with Gasteiger partial charge in [-0.15, -0.1) is 0 Å². The molecule has 0 bridgehead atoms. The van der Waals surface area contributed by atoms with Crippen LogP contribution in [0.1, 0.15) is 5.69 Å². The average molecular weight is 426 g/mol. The van der Waals surface area contributed by atoms with E-state index in [1.807, 2.05) is 0 Å². The van der Waals surface area contributed by atoms with Crippen LogP contribution in [-0.2, 0) is 16.0 Å². The van der Waals surface area contributed by atoms with Gasteiger partial charge < -0.3 is 9.84 Å². The fraction of sp³-hybridized carbons (Fsp3) is 0.211. The highest BCUT2D eigenvalue weighted by Crippen LogP contribution is 2.33. The zero-order valence-corrected chi connectivity index (χ0v) is 16.0. The maximum atomic E-state index is 13.2. The maximum absolute atomic E-state index is 13.2. The van der Waals surface area contributed by atoms with E-state index in [9.17, 15) is 21.6 Å². The second kappa shape index (κ2) is 7.88. The fourth-order valence-electron chi connectivity index (χ4n) is 2.72. The molecule has 2 aromatic carbocycles. The summed E-state index contributed by atoms with van der Waals surface area (Å²) >= 11 is 0. The van der Waals surface area contributed by atoms with Crippen LogP contribution in [-0.4, -0.2) is 42.8 Å². The molecule has 0 aliphatic heterocycles. The van der Waals surface area contributed by atoms with Crippen molar-refractivity contribution in [2.24, 2.45) is 0 Å². The van der Waals surface area contributed by atoms with Crippen LogP contribution in [0, 0.1) is 0 Å². The molecule has 0 amide bonds. The van der Waals surface area contributed by atoms with Crippen molar-refractivity contribution < 1.29 is 31.4 Å². The Labute approximate surface area is 165 Å². The number of nitrogens with zero attached hydrogens (tertiary/aromatic N) is 2. The molecule has 1 N–H and O–H groups in total. The number of ether oxygens (including phenoxy) is 1. The Morgan fingerprint density at radius 3 is 2.21 bits per heavy atom. The molecule has 10 heteroatoms. The molecule has 29 heavy (non-hydrogen) atoms. The summed E-state index contributed by atoms with van der Waals surface area (Å²) in [7, 11) is -2.19. The van der Waals surface area contributed by atoms with Crippen LogP contribution in [0.25, 0.3) is 16.9 Å². The van der Waals surface area contributed by atoms with Gasteiger partial charge in [-0.3, -0.25) is 0 Å². The smallest absolute Gasteiger partial charge is 0.435 e. The number of aromatic nitrogens is 2.